The van der Waals surface area contributed by atoms with Crippen LogP contribution in [-0.4, -0.2) is 48.5 Å². The topological polar surface area (TPSA) is 72.9 Å². The van der Waals surface area contributed by atoms with Crippen molar-refractivity contribution in [2.45, 2.75) is 45.6 Å². The lowest BCUT2D eigenvalue weighted by Crippen LogP contribution is -2.43. The Hall–Kier alpha value is -1.59. The Balaban J connectivity index is 2.42. The standard InChI is InChI=1S/C14H23NO5/c1-14(2,3)20-13(18)15-7-5-10(6-8-15)11(16)9-12(17)19-4/h10H,5-9H2,1-4H3. The summed E-state index contributed by atoms with van der Waals surface area (Å²) < 4.78 is 9.76. The van der Waals surface area contributed by atoms with Crippen molar-refractivity contribution >= 4 is 17.8 Å². The lowest BCUT2D eigenvalue weighted by atomic mass is 9.91. The Kier molecular flexibility index (Phi) is 5.53. The van der Waals surface area contributed by atoms with E-state index in [9.17, 15) is 14.4 Å². The van der Waals surface area contributed by atoms with Crippen LogP contribution in [0.25, 0.3) is 0 Å². The summed E-state index contributed by atoms with van der Waals surface area (Å²) in [7, 11) is 1.26. The smallest absolute Gasteiger partial charge is 0.410 e. The summed E-state index contributed by atoms with van der Waals surface area (Å²) in [6, 6.07) is 0. The second kappa shape index (κ2) is 6.72. The van der Waals surface area contributed by atoms with Crippen LogP contribution < -0.4 is 0 Å². The Morgan fingerprint density at radius 3 is 2.15 bits per heavy atom. The van der Waals surface area contributed by atoms with Crippen LogP contribution in [0.1, 0.15) is 40.0 Å². The minimum Gasteiger partial charge on any atom is -0.469 e. The number of ketones is 1. The van der Waals surface area contributed by atoms with Gasteiger partial charge in [0.15, 0.2) is 0 Å². The maximum Gasteiger partial charge on any atom is 0.410 e. The first-order chi connectivity index (χ1) is 9.23. The fourth-order valence-corrected chi connectivity index (χ4v) is 2.07. The van der Waals surface area contributed by atoms with Crippen molar-refractivity contribution in [3.05, 3.63) is 0 Å². The number of rotatable bonds is 3. The highest BCUT2D eigenvalue weighted by Gasteiger charge is 2.30. The fraction of sp³-hybridized carbons (Fsp3) is 0.786. The molecule has 0 saturated carbocycles. The second-order valence-corrected chi connectivity index (χ2v) is 5.96. The molecule has 0 atom stereocenters. The highest BCUT2D eigenvalue weighted by molar-refractivity contribution is 5.96. The average molecular weight is 285 g/mol. The van der Waals surface area contributed by atoms with Crippen LogP contribution in [0.5, 0.6) is 0 Å². The molecule has 1 aliphatic rings. The van der Waals surface area contributed by atoms with Crippen LogP contribution >= 0.6 is 0 Å². The largest absolute Gasteiger partial charge is 0.469 e. The first-order valence-corrected chi connectivity index (χ1v) is 6.80. The van der Waals surface area contributed by atoms with Crippen molar-refractivity contribution in [1.82, 2.24) is 4.90 Å². The molecule has 0 spiro atoms. The van der Waals surface area contributed by atoms with E-state index in [1.54, 1.807) is 4.90 Å². The average Bonchev–Trinajstić information content (AvgIpc) is 2.36. The summed E-state index contributed by atoms with van der Waals surface area (Å²) >= 11 is 0. The summed E-state index contributed by atoms with van der Waals surface area (Å²) in [5, 5.41) is 0. The van der Waals surface area contributed by atoms with Gasteiger partial charge in [-0.3, -0.25) is 9.59 Å². The molecule has 0 aliphatic carbocycles. The van der Waals surface area contributed by atoms with Crippen LogP contribution in [0.3, 0.4) is 0 Å². The summed E-state index contributed by atoms with van der Waals surface area (Å²) in [5.41, 5.74) is -0.519. The van der Waals surface area contributed by atoms with Crippen LogP contribution in [-0.2, 0) is 19.1 Å². The molecule has 0 bridgehead atoms. The van der Waals surface area contributed by atoms with Crippen molar-refractivity contribution in [2.24, 2.45) is 5.92 Å². The van der Waals surface area contributed by atoms with Crippen LogP contribution in [0, 0.1) is 5.92 Å². The molecule has 1 aliphatic heterocycles. The number of carbonyl (C=O) groups is 3. The number of nitrogens with zero attached hydrogens (tertiary/aromatic N) is 1. The predicted molar refractivity (Wildman–Crippen MR) is 72.2 cm³/mol. The zero-order chi connectivity index (χ0) is 15.3. The minimum atomic E-state index is -0.519. The van der Waals surface area contributed by atoms with E-state index < -0.39 is 11.6 Å². The van der Waals surface area contributed by atoms with Crippen LogP contribution in [0.4, 0.5) is 4.79 Å². The zero-order valence-corrected chi connectivity index (χ0v) is 12.6. The number of methoxy groups -OCH3 is 1. The number of amides is 1. The molecule has 0 aromatic heterocycles. The van der Waals surface area contributed by atoms with Crippen molar-refractivity contribution in [3.63, 3.8) is 0 Å². The number of esters is 1. The number of carbonyl (C=O) groups excluding carboxylic acids is 3. The van der Waals surface area contributed by atoms with Gasteiger partial charge in [0, 0.05) is 19.0 Å². The molecule has 0 aromatic rings. The van der Waals surface area contributed by atoms with Gasteiger partial charge >= 0.3 is 12.1 Å². The zero-order valence-electron chi connectivity index (χ0n) is 12.6. The summed E-state index contributed by atoms with van der Waals surface area (Å²) in [6.07, 6.45) is 0.592. The second-order valence-electron chi connectivity index (χ2n) is 5.96. The molecule has 0 N–H and O–H groups in total. The molecule has 114 valence electrons. The molecule has 0 aromatic carbocycles. The monoisotopic (exact) mass is 285 g/mol. The van der Waals surface area contributed by atoms with Gasteiger partial charge in [0.05, 0.1) is 7.11 Å². The van der Waals surface area contributed by atoms with Gasteiger partial charge in [0.2, 0.25) is 0 Å². The Morgan fingerprint density at radius 2 is 1.70 bits per heavy atom. The summed E-state index contributed by atoms with van der Waals surface area (Å²) in [4.78, 5) is 36.4. The Bertz CT molecular complexity index is 378. The van der Waals surface area contributed by atoms with E-state index in [1.165, 1.54) is 7.11 Å². The lowest BCUT2D eigenvalue weighted by Gasteiger charge is -2.32. The molecule has 6 nitrogen and oxygen atoms in total. The van der Waals surface area contributed by atoms with Gasteiger partial charge in [-0.2, -0.15) is 0 Å². The molecule has 1 fully saturated rings. The van der Waals surface area contributed by atoms with E-state index in [0.29, 0.717) is 25.9 Å². The number of ether oxygens (including phenoxy) is 2. The first-order valence-electron chi connectivity index (χ1n) is 6.80. The molecular weight excluding hydrogens is 262 g/mol. The number of piperidine rings is 1. The number of Topliss-reactive ketones (excluding diaryl/α,β-unsaturated/α-hetero) is 1. The SMILES string of the molecule is COC(=O)CC(=O)C1CCN(C(=O)OC(C)(C)C)CC1. The van der Waals surface area contributed by atoms with Gasteiger partial charge in [0.1, 0.15) is 17.8 Å². The van der Waals surface area contributed by atoms with Gasteiger partial charge in [-0.1, -0.05) is 0 Å². The van der Waals surface area contributed by atoms with Crippen molar-refractivity contribution in [2.75, 3.05) is 20.2 Å². The molecule has 1 amide bonds. The quantitative estimate of drug-likeness (QED) is 0.583. The molecule has 6 heteroatoms. The minimum absolute atomic E-state index is 0.110. The van der Waals surface area contributed by atoms with Crippen LogP contribution in [0.15, 0.2) is 0 Å². The van der Waals surface area contributed by atoms with Crippen molar-refractivity contribution < 1.29 is 23.9 Å². The highest BCUT2D eigenvalue weighted by Crippen LogP contribution is 2.21. The van der Waals surface area contributed by atoms with Crippen LogP contribution in [0.2, 0.25) is 0 Å². The van der Waals surface area contributed by atoms with Gasteiger partial charge in [-0.15, -0.1) is 0 Å². The van der Waals surface area contributed by atoms with Gasteiger partial charge in [-0.25, -0.2) is 4.79 Å². The Morgan fingerprint density at radius 1 is 1.15 bits per heavy atom. The van der Waals surface area contributed by atoms with E-state index >= 15 is 0 Å². The van der Waals surface area contributed by atoms with Gasteiger partial charge < -0.3 is 14.4 Å². The molecule has 20 heavy (non-hydrogen) atoms. The number of likely N-dealkylation sites (tertiary alicyclic amines) is 1. The van der Waals surface area contributed by atoms with E-state index in [4.69, 9.17) is 4.74 Å². The third-order valence-electron chi connectivity index (χ3n) is 3.15. The molecule has 1 saturated heterocycles. The number of hydrogen-bond donors (Lipinski definition) is 0. The fourth-order valence-electron chi connectivity index (χ4n) is 2.07. The summed E-state index contributed by atoms with van der Waals surface area (Å²) in [5.74, 6) is -0.793. The van der Waals surface area contributed by atoms with Gasteiger partial charge in [-0.05, 0) is 33.6 Å². The molecule has 1 rings (SSSR count). The first kappa shape index (κ1) is 16.5. The predicted octanol–water partition coefficient (Wildman–Crippen LogP) is 1.77. The molecular formula is C14H23NO5. The molecule has 0 radical (unpaired) electrons. The third-order valence-corrected chi connectivity index (χ3v) is 3.15. The lowest BCUT2D eigenvalue weighted by molar-refractivity contribution is -0.144. The van der Waals surface area contributed by atoms with E-state index in [2.05, 4.69) is 4.74 Å². The van der Waals surface area contributed by atoms with E-state index in [-0.39, 0.29) is 24.2 Å². The molecule has 1 heterocycles. The third kappa shape index (κ3) is 5.19. The van der Waals surface area contributed by atoms with Crippen molar-refractivity contribution in [1.29, 1.82) is 0 Å². The maximum absolute atomic E-state index is 11.9. The summed E-state index contributed by atoms with van der Waals surface area (Å²) in [6.45, 7) is 6.41. The van der Waals surface area contributed by atoms with E-state index in [1.807, 2.05) is 20.8 Å². The number of hydrogen-bond acceptors (Lipinski definition) is 5. The van der Waals surface area contributed by atoms with Crippen molar-refractivity contribution in [3.8, 4) is 0 Å². The highest BCUT2D eigenvalue weighted by atomic mass is 16.6. The molecule has 0 unspecified atom stereocenters. The van der Waals surface area contributed by atoms with E-state index in [0.717, 1.165) is 0 Å². The van der Waals surface area contributed by atoms with Gasteiger partial charge in [0.25, 0.3) is 0 Å². The maximum atomic E-state index is 11.9. The Labute approximate surface area is 119 Å². The normalized spacial score (nSPS) is 16.7.